The second kappa shape index (κ2) is 9.06. The van der Waals surface area contributed by atoms with E-state index in [0.29, 0.717) is 12.8 Å². The first kappa shape index (κ1) is 20.5. The number of hydrogen-bond donors (Lipinski definition) is 1. The van der Waals surface area contributed by atoms with E-state index in [4.69, 9.17) is 9.84 Å². The standard InChI is InChI=1S/C18H25F3O3/c1-4-5-15(24-11-18(19,20)21)10-16(12(2)3)13-6-8-14(9-7-13)17(22)23/h6-9,12,15-16H,4-5,10-11H2,1-3H3,(H,22,23)/t15?,16-/m1/s1. The van der Waals surface area contributed by atoms with Gasteiger partial charge < -0.3 is 9.84 Å². The summed E-state index contributed by atoms with van der Waals surface area (Å²) in [5, 5.41) is 8.96. The van der Waals surface area contributed by atoms with Crippen LogP contribution in [0.1, 0.15) is 61.9 Å². The van der Waals surface area contributed by atoms with E-state index in [1.807, 2.05) is 20.8 Å². The van der Waals surface area contributed by atoms with Crippen LogP contribution in [0, 0.1) is 5.92 Å². The summed E-state index contributed by atoms with van der Waals surface area (Å²) in [6.45, 7) is 4.68. The first-order valence-corrected chi connectivity index (χ1v) is 8.15. The molecule has 0 aliphatic rings. The van der Waals surface area contributed by atoms with E-state index in [1.165, 1.54) is 12.1 Å². The van der Waals surface area contributed by atoms with Crippen LogP contribution in [-0.2, 0) is 4.74 Å². The van der Waals surface area contributed by atoms with E-state index < -0.39 is 24.9 Å². The molecule has 24 heavy (non-hydrogen) atoms. The van der Waals surface area contributed by atoms with E-state index in [2.05, 4.69) is 0 Å². The van der Waals surface area contributed by atoms with Gasteiger partial charge in [-0.15, -0.1) is 0 Å². The van der Waals surface area contributed by atoms with Crippen LogP contribution in [0.2, 0.25) is 0 Å². The van der Waals surface area contributed by atoms with E-state index in [1.54, 1.807) is 12.1 Å². The number of alkyl halides is 3. The van der Waals surface area contributed by atoms with Crippen molar-refractivity contribution in [1.82, 2.24) is 0 Å². The highest BCUT2D eigenvalue weighted by atomic mass is 19.4. The molecule has 0 aromatic heterocycles. The van der Waals surface area contributed by atoms with Gasteiger partial charge in [-0.2, -0.15) is 13.2 Å². The van der Waals surface area contributed by atoms with E-state index >= 15 is 0 Å². The first-order valence-electron chi connectivity index (χ1n) is 8.15. The lowest BCUT2D eigenvalue weighted by atomic mass is 9.83. The molecule has 0 heterocycles. The molecule has 1 rings (SSSR count). The third kappa shape index (κ3) is 6.91. The molecule has 1 aromatic rings. The Morgan fingerprint density at radius 3 is 2.21 bits per heavy atom. The summed E-state index contributed by atoms with van der Waals surface area (Å²) in [5.41, 5.74) is 1.12. The van der Waals surface area contributed by atoms with Gasteiger partial charge in [0.05, 0.1) is 11.7 Å². The molecule has 0 spiro atoms. The maximum atomic E-state index is 12.4. The van der Waals surface area contributed by atoms with Crippen LogP contribution >= 0.6 is 0 Å². The molecule has 1 N–H and O–H groups in total. The summed E-state index contributed by atoms with van der Waals surface area (Å²) in [7, 11) is 0. The summed E-state index contributed by atoms with van der Waals surface area (Å²) < 4.78 is 42.3. The molecule has 0 saturated carbocycles. The number of aromatic carboxylic acids is 1. The molecule has 0 radical (unpaired) electrons. The van der Waals surface area contributed by atoms with Crippen molar-refractivity contribution in [3.8, 4) is 0 Å². The Morgan fingerprint density at radius 2 is 1.79 bits per heavy atom. The molecule has 0 saturated heterocycles. The monoisotopic (exact) mass is 346 g/mol. The molecular formula is C18H25F3O3. The SMILES string of the molecule is CCCC(C[C@@H](c1ccc(C(=O)O)cc1)C(C)C)OCC(F)(F)F. The Kier molecular flexibility index (Phi) is 7.73. The van der Waals surface area contributed by atoms with Crippen molar-refractivity contribution in [2.45, 2.75) is 58.2 Å². The molecule has 0 aliphatic carbocycles. The minimum Gasteiger partial charge on any atom is -0.478 e. The van der Waals surface area contributed by atoms with Crippen molar-refractivity contribution in [3.05, 3.63) is 35.4 Å². The number of carbonyl (C=O) groups is 1. The highest BCUT2D eigenvalue weighted by Crippen LogP contribution is 2.32. The van der Waals surface area contributed by atoms with Crippen molar-refractivity contribution in [1.29, 1.82) is 0 Å². The van der Waals surface area contributed by atoms with E-state index in [9.17, 15) is 18.0 Å². The number of hydrogen-bond acceptors (Lipinski definition) is 2. The normalized spacial score (nSPS) is 14.6. The van der Waals surface area contributed by atoms with Gasteiger partial charge in [-0.3, -0.25) is 0 Å². The Bertz CT molecular complexity index is 509. The molecule has 0 bridgehead atoms. The van der Waals surface area contributed by atoms with Gasteiger partial charge in [0, 0.05) is 0 Å². The molecule has 1 aromatic carbocycles. The van der Waals surface area contributed by atoms with Gasteiger partial charge in [-0.05, 0) is 42.4 Å². The molecule has 6 heteroatoms. The second-order valence-electron chi connectivity index (χ2n) is 6.35. The third-order valence-corrected chi connectivity index (χ3v) is 4.00. The van der Waals surface area contributed by atoms with Gasteiger partial charge in [0.15, 0.2) is 0 Å². The Labute approximate surface area is 140 Å². The van der Waals surface area contributed by atoms with Crippen molar-refractivity contribution in [3.63, 3.8) is 0 Å². The fourth-order valence-corrected chi connectivity index (χ4v) is 2.75. The first-order chi connectivity index (χ1) is 11.1. The minimum atomic E-state index is -4.33. The molecular weight excluding hydrogens is 321 g/mol. The number of carboxylic acids is 1. The number of carboxylic acid groups (broad SMARTS) is 1. The quantitative estimate of drug-likeness (QED) is 0.663. The van der Waals surface area contributed by atoms with Gasteiger partial charge in [0.25, 0.3) is 0 Å². The van der Waals surface area contributed by atoms with E-state index in [0.717, 1.165) is 12.0 Å². The highest BCUT2D eigenvalue weighted by molar-refractivity contribution is 5.87. The Morgan fingerprint density at radius 1 is 1.21 bits per heavy atom. The maximum Gasteiger partial charge on any atom is 0.411 e. The third-order valence-electron chi connectivity index (χ3n) is 4.00. The van der Waals surface area contributed by atoms with Crippen molar-refractivity contribution in [2.75, 3.05) is 6.61 Å². The Hall–Kier alpha value is -1.56. The van der Waals surface area contributed by atoms with Gasteiger partial charge in [-0.1, -0.05) is 39.3 Å². The summed E-state index contributed by atoms with van der Waals surface area (Å²) in [6, 6.07) is 6.53. The average Bonchev–Trinajstić information content (AvgIpc) is 2.49. The molecule has 0 fully saturated rings. The molecule has 3 nitrogen and oxygen atoms in total. The largest absolute Gasteiger partial charge is 0.478 e. The van der Waals surface area contributed by atoms with Crippen LogP contribution in [0.3, 0.4) is 0 Å². The minimum absolute atomic E-state index is 0.0117. The molecule has 1 unspecified atom stereocenters. The lowest BCUT2D eigenvalue weighted by Crippen LogP contribution is -2.26. The number of rotatable bonds is 9. The summed E-state index contributed by atoms with van der Waals surface area (Å²) >= 11 is 0. The summed E-state index contributed by atoms with van der Waals surface area (Å²) in [6.07, 6.45) is -3.02. The van der Waals surface area contributed by atoms with Gasteiger partial charge in [0.2, 0.25) is 0 Å². The topological polar surface area (TPSA) is 46.5 Å². The van der Waals surface area contributed by atoms with Crippen LogP contribution in [0.15, 0.2) is 24.3 Å². The second-order valence-corrected chi connectivity index (χ2v) is 6.35. The lowest BCUT2D eigenvalue weighted by Gasteiger charge is -2.27. The smallest absolute Gasteiger partial charge is 0.411 e. The van der Waals surface area contributed by atoms with Gasteiger partial charge in [0.1, 0.15) is 6.61 Å². The highest BCUT2D eigenvalue weighted by Gasteiger charge is 2.30. The zero-order chi connectivity index (χ0) is 18.3. The van der Waals surface area contributed by atoms with Gasteiger partial charge >= 0.3 is 12.1 Å². The Balaban J connectivity index is 2.86. The van der Waals surface area contributed by atoms with Crippen LogP contribution in [0.5, 0.6) is 0 Å². The van der Waals surface area contributed by atoms with Crippen molar-refractivity contribution < 1.29 is 27.8 Å². The predicted octanol–water partition coefficient (Wildman–Crippen LogP) is 5.26. The van der Waals surface area contributed by atoms with Crippen molar-refractivity contribution in [2.24, 2.45) is 5.92 Å². The van der Waals surface area contributed by atoms with Crippen molar-refractivity contribution >= 4 is 5.97 Å². The lowest BCUT2D eigenvalue weighted by molar-refractivity contribution is -0.187. The summed E-state index contributed by atoms with van der Waals surface area (Å²) in [5.74, 6) is -0.785. The molecule has 136 valence electrons. The molecule has 0 aliphatic heterocycles. The molecule has 2 atom stereocenters. The molecule has 0 amide bonds. The fourth-order valence-electron chi connectivity index (χ4n) is 2.75. The zero-order valence-corrected chi connectivity index (χ0v) is 14.3. The number of benzene rings is 1. The fraction of sp³-hybridized carbons (Fsp3) is 0.611. The zero-order valence-electron chi connectivity index (χ0n) is 14.3. The average molecular weight is 346 g/mol. The van der Waals surface area contributed by atoms with Crippen LogP contribution in [0.4, 0.5) is 13.2 Å². The van der Waals surface area contributed by atoms with Crippen LogP contribution < -0.4 is 0 Å². The predicted molar refractivity (Wildman–Crippen MR) is 86.3 cm³/mol. The van der Waals surface area contributed by atoms with E-state index in [-0.39, 0.29) is 17.4 Å². The summed E-state index contributed by atoms with van der Waals surface area (Å²) in [4.78, 5) is 10.9. The maximum absolute atomic E-state index is 12.4. The number of halogens is 3. The van der Waals surface area contributed by atoms with Crippen LogP contribution in [-0.4, -0.2) is 30.0 Å². The van der Waals surface area contributed by atoms with Crippen LogP contribution in [0.25, 0.3) is 0 Å². The number of ether oxygens (including phenoxy) is 1. The van der Waals surface area contributed by atoms with Gasteiger partial charge in [-0.25, -0.2) is 4.79 Å².